The van der Waals surface area contributed by atoms with E-state index in [1.165, 1.54) is 22.2 Å². The van der Waals surface area contributed by atoms with Crippen molar-refractivity contribution < 1.29 is 4.52 Å². The lowest BCUT2D eigenvalue weighted by Crippen LogP contribution is -2.15. The summed E-state index contributed by atoms with van der Waals surface area (Å²) in [5, 5.41) is 8.74. The van der Waals surface area contributed by atoms with Gasteiger partial charge in [0.2, 0.25) is 0 Å². The molecule has 0 radical (unpaired) electrons. The first-order valence-corrected chi connectivity index (χ1v) is 6.82. The fraction of sp³-hybridized carbons (Fsp3) is 0.312. The molecule has 0 bridgehead atoms. The Balaban J connectivity index is 1.77. The Hall–Kier alpha value is -2.07. The maximum absolute atomic E-state index is 5.07. The van der Waals surface area contributed by atoms with Crippen molar-refractivity contribution in [1.29, 1.82) is 0 Å². The summed E-state index contributed by atoms with van der Waals surface area (Å²) < 4.78 is 7.32. The zero-order chi connectivity index (χ0) is 14.1. The van der Waals surface area contributed by atoms with Crippen LogP contribution in [0.2, 0.25) is 0 Å². The van der Waals surface area contributed by atoms with E-state index in [0.29, 0.717) is 0 Å². The molecule has 0 aliphatic rings. The van der Waals surface area contributed by atoms with E-state index >= 15 is 0 Å². The molecule has 2 heterocycles. The summed E-state index contributed by atoms with van der Waals surface area (Å²) in [5.74, 6) is 0.850. The van der Waals surface area contributed by atoms with E-state index < -0.39 is 0 Å². The molecular weight excluding hydrogens is 250 g/mol. The molecule has 3 rings (SSSR count). The lowest BCUT2D eigenvalue weighted by atomic mass is 10.1. The number of aryl methyl sites for hydroxylation is 3. The third-order valence-electron chi connectivity index (χ3n) is 3.78. The SMILES string of the molecule is Cc1cc(CNCc2c(C)c3ccccc3n2C)no1. The van der Waals surface area contributed by atoms with Gasteiger partial charge in [0.25, 0.3) is 0 Å². The van der Waals surface area contributed by atoms with Gasteiger partial charge in [-0.15, -0.1) is 0 Å². The summed E-state index contributed by atoms with van der Waals surface area (Å²) in [5.41, 5.74) is 4.87. The molecule has 1 N–H and O–H groups in total. The van der Waals surface area contributed by atoms with Crippen LogP contribution in [0, 0.1) is 13.8 Å². The number of rotatable bonds is 4. The first kappa shape index (κ1) is 12.9. The predicted octanol–water partition coefficient (Wildman–Crippen LogP) is 3.07. The summed E-state index contributed by atoms with van der Waals surface area (Å²) >= 11 is 0. The molecule has 0 fully saturated rings. The molecule has 3 aromatic rings. The summed E-state index contributed by atoms with van der Waals surface area (Å²) in [6, 6.07) is 10.5. The summed E-state index contributed by atoms with van der Waals surface area (Å²) in [6.45, 7) is 5.63. The van der Waals surface area contributed by atoms with Gasteiger partial charge in [-0.3, -0.25) is 0 Å². The number of fused-ring (bicyclic) bond motifs is 1. The van der Waals surface area contributed by atoms with E-state index in [0.717, 1.165) is 24.5 Å². The summed E-state index contributed by atoms with van der Waals surface area (Å²) in [6.07, 6.45) is 0. The molecule has 0 aliphatic carbocycles. The van der Waals surface area contributed by atoms with Gasteiger partial charge in [0.1, 0.15) is 5.76 Å². The monoisotopic (exact) mass is 269 g/mol. The van der Waals surface area contributed by atoms with Gasteiger partial charge in [0.15, 0.2) is 0 Å². The number of hydrogen-bond donors (Lipinski definition) is 1. The second-order valence-electron chi connectivity index (χ2n) is 5.18. The molecule has 0 spiro atoms. The van der Waals surface area contributed by atoms with Gasteiger partial charge in [-0.1, -0.05) is 23.4 Å². The van der Waals surface area contributed by atoms with Crippen LogP contribution < -0.4 is 5.32 Å². The van der Waals surface area contributed by atoms with Crippen LogP contribution in [0.15, 0.2) is 34.9 Å². The van der Waals surface area contributed by atoms with E-state index in [2.05, 4.69) is 53.3 Å². The molecule has 4 nitrogen and oxygen atoms in total. The minimum absolute atomic E-state index is 0.721. The Morgan fingerprint density at radius 3 is 2.70 bits per heavy atom. The van der Waals surface area contributed by atoms with Crippen LogP contribution >= 0.6 is 0 Å². The Bertz CT molecular complexity index is 700. The van der Waals surface area contributed by atoms with Gasteiger partial charge in [-0.2, -0.15) is 0 Å². The Kier molecular flexibility index (Phi) is 3.32. The Labute approximate surface area is 118 Å². The summed E-state index contributed by atoms with van der Waals surface area (Å²) in [7, 11) is 2.12. The first-order valence-electron chi connectivity index (χ1n) is 6.82. The standard InChI is InChI=1S/C16H19N3O/c1-11-8-13(18-20-11)9-17-10-16-12(2)14-6-4-5-7-15(14)19(16)3/h4-8,17H,9-10H2,1-3H3. The van der Waals surface area contributed by atoms with Crippen LogP contribution in [-0.4, -0.2) is 9.72 Å². The number of nitrogens with one attached hydrogen (secondary N) is 1. The van der Waals surface area contributed by atoms with Crippen LogP contribution in [0.1, 0.15) is 22.7 Å². The van der Waals surface area contributed by atoms with Crippen molar-refractivity contribution >= 4 is 10.9 Å². The van der Waals surface area contributed by atoms with E-state index in [1.54, 1.807) is 0 Å². The Morgan fingerprint density at radius 1 is 1.20 bits per heavy atom. The highest BCUT2D eigenvalue weighted by atomic mass is 16.5. The third-order valence-corrected chi connectivity index (χ3v) is 3.78. The smallest absolute Gasteiger partial charge is 0.133 e. The minimum atomic E-state index is 0.721. The highest BCUT2D eigenvalue weighted by Crippen LogP contribution is 2.24. The molecular formula is C16H19N3O. The number of benzene rings is 1. The number of para-hydroxylation sites is 1. The topological polar surface area (TPSA) is 43.0 Å². The molecule has 0 unspecified atom stereocenters. The first-order chi connectivity index (χ1) is 9.66. The zero-order valence-electron chi connectivity index (χ0n) is 12.1. The fourth-order valence-corrected chi connectivity index (χ4v) is 2.70. The average molecular weight is 269 g/mol. The van der Waals surface area contributed by atoms with Crippen molar-refractivity contribution in [3.05, 3.63) is 53.0 Å². The largest absolute Gasteiger partial charge is 0.361 e. The van der Waals surface area contributed by atoms with Gasteiger partial charge in [0, 0.05) is 42.8 Å². The van der Waals surface area contributed by atoms with Crippen LogP contribution in [0.25, 0.3) is 10.9 Å². The molecule has 0 saturated carbocycles. The van der Waals surface area contributed by atoms with E-state index in [9.17, 15) is 0 Å². The van der Waals surface area contributed by atoms with E-state index in [-0.39, 0.29) is 0 Å². The van der Waals surface area contributed by atoms with Crippen LogP contribution in [0.3, 0.4) is 0 Å². The van der Waals surface area contributed by atoms with Crippen molar-refractivity contribution in [2.24, 2.45) is 7.05 Å². The van der Waals surface area contributed by atoms with E-state index in [4.69, 9.17) is 4.52 Å². The van der Waals surface area contributed by atoms with Crippen molar-refractivity contribution in [3.63, 3.8) is 0 Å². The summed E-state index contributed by atoms with van der Waals surface area (Å²) in [4.78, 5) is 0. The lowest BCUT2D eigenvalue weighted by molar-refractivity contribution is 0.388. The van der Waals surface area contributed by atoms with E-state index in [1.807, 2.05) is 13.0 Å². The molecule has 0 amide bonds. The molecule has 0 saturated heterocycles. The van der Waals surface area contributed by atoms with Crippen molar-refractivity contribution in [1.82, 2.24) is 15.0 Å². The second-order valence-corrected chi connectivity index (χ2v) is 5.18. The van der Waals surface area contributed by atoms with Crippen molar-refractivity contribution in [2.75, 3.05) is 0 Å². The lowest BCUT2D eigenvalue weighted by Gasteiger charge is -2.06. The maximum Gasteiger partial charge on any atom is 0.133 e. The normalized spacial score (nSPS) is 11.3. The van der Waals surface area contributed by atoms with Crippen molar-refractivity contribution in [2.45, 2.75) is 26.9 Å². The second kappa shape index (κ2) is 5.13. The molecule has 104 valence electrons. The molecule has 4 heteroatoms. The number of aromatic nitrogens is 2. The van der Waals surface area contributed by atoms with Gasteiger partial charge in [-0.25, -0.2) is 0 Å². The van der Waals surface area contributed by atoms with Gasteiger partial charge in [-0.05, 0) is 25.5 Å². The number of nitrogens with zero attached hydrogens (tertiary/aromatic N) is 2. The zero-order valence-corrected chi connectivity index (χ0v) is 12.1. The van der Waals surface area contributed by atoms with Gasteiger partial charge in [0.05, 0.1) is 5.69 Å². The molecule has 20 heavy (non-hydrogen) atoms. The molecule has 0 atom stereocenters. The fourth-order valence-electron chi connectivity index (χ4n) is 2.70. The molecule has 2 aromatic heterocycles. The quantitative estimate of drug-likeness (QED) is 0.791. The number of hydrogen-bond acceptors (Lipinski definition) is 3. The maximum atomic E-state index is 5.07. The highest BCUT2D eigenvalue weighted by Gasteiger charge is 2.10. The molecule has 0 aliphatic heterocycles. The van der Waals surface area contributed by atoms with Gasteiger partial charge >= 0.3 is 0 Å². The average Bonchev–Trinajstić information content (AvgIpc) is 2.97. The van der Waals surface area contributed by atoms with Crippen LogP contribution in [0.4, 0.5) is 0 Å². The van der Waals surface area contributed by atoms with Crippen LogP contribution in [-0.2, 0) is 20.1 Å². The Morgan fingerprint density at radius 2 is 2.00 bits per heavy atom. The van der Waals surface area contributed by atoms with Crippen molar-refractivity contribution in [3.8, 4) is 0 Å². The van der Waals surface area contributed by atoms with Crippen LogP contribution in [0.5, 0.6) is 0 Å². The van der Waals surface area contributed by atoms with Gasteiger partial charge < -0.3 is 14.4 Å². The highest BCUT2D eigenvalue weighted by molar-refractivity contribution is 5.85. The minimum Gasteiger partial charge on any atom is -0.361 e. The third kappa shape index (κ3) is 2.23. The molecule has 1 aromatic carbocycles. The predicted molar refractivity (Wildman–Crippen MR) is 79.4 cm³/mol.